The van der Waals surface area contributed by atoms with Gasteiger partial charge in [-0.15, -0.1) is 0 Å². The molecule has 3 N–H and O–H groups in total. The minimum absolute atomic E-state index is 0.0334. The fourth-order valence-corrected chi connectivity index (χ4v) is 4.30. The number of carbonyl (C=O) groups excluding carboxylic acids is 1. The van der Waals surface area contributed by atoms with Gasteiger partial charge < -0.3 is 15.6 Å². The molecule has 0 unspecified atom stereocenters. The lowest BCUT2D eigenvalue weighted by Crippen LogP contribution is -2.76. The molecule has 0 spiro atoms. The highest BCUT2D eigenvalue weighted by Gasteiger charge is 2.60. The van der Waals surface area contributed by atoms with Crippen LogP contribution in [0.25, 0.3) is 0 Å². The SMILES string of the molecule is CC1(C)C(N)C(C)(C)C1NC(=O)c1cccn1Cc1ccccc1. The fourth-order valence-electron chi connectivity index (χ4n) is 4.30. The number of nitrogens with two attached hydrogens (primary N) is 1. The lowest BCUT2D eigenvalue weighted by atomic mass is 9.48. The molecular formula is C20H27N3O. The van der Waals surface area contributed by atoms with Crippen molar-refractivity contribution in [1.29, 1.82) is 0 Å². The summed E-state index contributed by atoms with van der Waals surface area (Å²) < 4.78 is 1.99. The van der Waals surface area contributed by atoms with Crippen LogP contribution in [-0.4, -0.2) is 22.6 Å². The van der Waals surface area contributed by atoms with Crippen LogP contribution < -0.4 is 11.1 Å². The Morgan fingerprint density at radius 2 is 1.71 bits per heavy atom. The van der Waals surface area contributed by atoms with E-state index < -0.39 is 0 Å². The maximum Gasteiger partial charge on any atom is 0.268 e. The van der Waals surface area contributed by atoms with Gasteiger partial charge in [-0.2, -0.15) is 0 Å². The highest BCUT2D eigenvalue weighted by molar-refractivity contribution is 5.93. The van der Waals surface area contributed by atoms with Crippen LogP contribution in [0.15, 0.2) is 48.7 Å². The molecular weight excluding hydrogens is 298 g/mol. The molecule has 128 valence electrons. The van der Waals surface area contributed by atoms with Crippen LogP contribution in [0.4, 0.5) is 0 Å². The van der Waals surface area contributed by atoms with Crippen molar-refractivity contribution in [2.45, 2.75) is 46.3 Å². The third-order valence-corrected chi connectivity index (χ3v) is 5.62. The van der Waals surface area contributed by atoms with Crippen molar-refractivity contribution in [3.05, 3.63) is 59.9 Å². The van der Waals surface area contributed by atoms with E-state index in [1.165, 1.54) is 5.56 Å². The van der Waals surface area contributed by atoms with Gasteiger partial charge in [-0.1, -0.05) is 58.0 Å². The maximum atomic E-state index is 12.8. The Hall–Kier alpha value is -2.07. The zero-order chi connectivity index (χ0) is 17.5. The van der Waals surface area contributed by atoms with Gasteiger partial charge in [0.25, 0.3) is 5.91 Å². The lowest BCUT2D eigenvalue weighted by molar-refractivity contribution is -0.0664. The third-order valence-electron chi connectivity index (χ3n) is 5.62. The van der Waals surface area contributed by atoms with Gasteiger partial charge in [0.1, 0.15) is 5.69 Å². The number of hydrogen-bond donors (Lipinski definition) is 2. The highest BCUT2D eigenvalue weighted by Crippen LogP contribution is 2.52. The second-order valence-electron chi connectivity index (χ2n) is 8.03. The number of carbonyl (C=O) groups is 1. The lowest BCUT2D eigenvalue weighted by Gasteiger charge is -2.62. The molecule has 0 aliphatic heterocycles. The molecule has 3 rings (SSSR count). The predicted molar refractivity (Wildman–Crippen MR) is 96.8 cm³/mol. The Morgan fingerprint density at radius 1 is 1.08 bits per heavy atom. The molecule has 4 nitrogen and oxygen atoms in total. The van der Waals surface area contributed by atoms with E-state index in [0.29, 0.717) is 12.2 Å². The van der Waals surface area contributed by atoms with Crippen LogP contribution in [0.1, 0.15) is 43.7 Å². The summed E-state index contributed by atoms with van der Waals surface area (Å²) in [6.07, 6.45) is 1.95. The summed E-state index contributed by atoms with van der Waals surface area (Å²) in [6.45, 7) is 9.18. The van der Waals surface area contributed by atoms with E-state index in [-0.39, 0.29) is 28.8 Å². The first-order valence-corrected chi connectivity index (χ1v) is 8.50. The molecule has 0 atom stereocenters. The monoisotopic (exact) mass is 325 g/mol. The number of hydrogen-bond acceptors (Lipinski definition) is 2. The fraction of sp³-hybridized carbons (Fsp3) is 0.450. The Morgan fingerprint density at radius 3 is 2.33 bits per heavy atom. The minimum Gasteiger partial charge on any atom is -0.347 e. The van der Waals surface area contributed by atoms with Crippen molar-refractivity contribution in [3.8, 4) is 0 Å². The van der Waals surface area contributed by atoms with Gasteiger partial charge >= 0.3 is 0 Å². The van der Waals surface area contributed by atoms with Crippen LogP contribution in [-0.2, 0) is 6.54 Å². The summed E-state index contributed by atoms with van der Waals surface area (Å²) >= 11 is 0. The van der Waals surface area contributed by atoms with Crippen molar-refractivity contribution >= 4 is 5.91 Å². The average molecular weight is 325 g/mol. The molecule has 1 aliphatic rings. The van der Waals surface area contributed by atoms with Crippen LogP contribution in [0.2, 0.25) is 0 Å². The third kappa shape index (κ3) is 2.65. The van der Waals surface area contributed by atoms with Crippen molar-refractivity contribution in [2.24, 2.45) is 16.6 Å². The van der Waals surface area contributed by atoms with Crippen molar-refractivity contribution < 1.29 is 4.79 Å². The van der Waals surface area contributed by atoms with E-state index in [0.717, 1.165) is 0 Å². The number of nitrogens with zero attached hydrogens (tertiary/aromatic N) is 1. The predicted octanol–water partition coefficient (Wildman–Crippen LogP) is 3.03. The van der Waals surface area contributed by atoms with Crippen LogP contribution in [0.5, 0.6) is 0 Å². The molecule has 2 aromatic rings. The van der Waals surface area contributed by atoms with Crippen LogP contribution in [0.3, 0.4) is 0 Å². The molecule has 0 bridgehead atoms. The first kappa shape index (κ1) is 16.8. The van der Waals surface area contributed by atoms with E-state index in [4.69, 9.17) is 5.73 Å². The summed E-state index contributed by atoms with van der Waals surface area (Å²) in [5, 5.41) is 3.22. The van der Waals surface area contributed by atoms with E-state index in [1.807, 2.05) is 41.1 Å². The number of rotatable bonds is 4. The Bertz CT molecular complexity index is 714. The smallest absolute Gasteiger partial charge is 0.268 e. The molecule has 1 aliphatic carbocycles. The summed E-state index contributed by atoms with van der Waals surface area (Å²) in [5.74, 6) is -0.0334. The van der Waals surface area contributed by atoms with Crippen LogP contribution in [0, 0.1) is 10.8 Å². The zero-order valence-electron chi connectivity index (χ0n) is 14.9. The first-order valence-electron chi connectivity index (χ1n) is 8.50. The van der Waals surface area contributed by atoms with E-state index in [9.17, 15) is 4.79 Å². The van der Waals surface area contributed by atoms with Crippen molar-refractivity contribution in [1.82, 2.24) is 9.88 Å². The van der Waals surface area contributed by atoms with Crippen molar-refractivity contribution in [2.75, 3.05) is 0 Å². The number of amides is 1. The second-order valence-corrected chi connectivity index (χ2v) is 8.03. The number of benzene rings is 1. The first-order chi connectivity index (χ1) is 11.2. The summed E-state index contributed by atoms with van der Waals surface area (Å²) in [4.78, 5) is 12.8. The van der Waals surface area contributed by atoms with Gasteiger partial charge in [0, 0.05) is 35.7 Å². The summed E-state index contributed by atoms with van der Waals surface area (Å²) in [6, 6.07) is 14.1. The number of aromatic nitrogens is 1. The normalized spacial score (nSPS) is 24.2. The van der Waals surface area contributed by atoms with Gasteiger partial charge in [0.2, 0.25) is 0 Å². The molecule has 1 fully saturated rings. The van der Waals surface area contributed by atoms with Gasteiger partial charge in [-0.25, -0.2) is 0 Å². The van der Waals surface area contributed by atoms with Crippen LogP contribution >= 0.6 is 0 Å². The second kappa shape index (κ2) is 5.78. The summed E-state index contributed by atoms with van der Waals surface area (Å²) in [7, 11) is 0. The van der Waals surface area contributed by atoms with E-state index in [1.54, 1.807) is 0 Å². The molecule has 4 heteroatoms. The minimum atomic E-state index is -0.101. The largest absolute Gasteiger partial charge is 0.347 e. The quantitative estimate of drug-likeness (QED) is 0.908. The van der Waals surface area contributed by atoms with Gasteiger partial charge in [0.05, 0.1) is 0 Å². The molecule has 0 saturated heterocycles. The number of nitrogens with one attached hydrogen (secondary N) is 1. The molecule has 0 radical (unpaired) electrons. The highest BCUT2D eigenvalue weighted by atomic mass is 16.2. The maximum absolute atomic E-state index is 12.8. The van der Waals surface area contributed by atoms with Crippen molar-refractivity contribution in [3.63, 3.8) is 0 Å². The molecule has 1 heterocycles. The molecule has 1 aromatic carbocycles. The van der Waals surface area contributed by atoms with Gasteiger partial charge in [0.15, 0.2) is 0 Å². The Balaban J connectivity index is 1.76. The summed E-state index contributed by atoms with van der Waals surface area (Å²) in [5.41, 5.74) is 7.95. The Kier molecular flexibility index (Phi) is 4.04. The molecule has 1 saturated carbocycles. The average Bonchev–Trinajstić information content (AvgIpc) is 3.00. The van der Waals surface area contributed by atoms with Gasteiger partial charge in [-0.3, -0.25) is 4.79 Å². The zero-order valence-corrected chi connectivity index (χ0v) is 14.9. The van der Waals surface area contributed by atoms with E-state index in [2.05, 4.69) is 45.1 Å². The van der Waals surface area contributed by atoms with Gasteiger partial charge in [-0.05, 0) is 17.7 Å². The molecule has 1 aromatic heterocycles. The van der Waals surface area contributed by atoms with E-state index >= 15 is 0 Å². The molecule has 24 heavy (non-hydrogen) atoms. The Labute approximate surface area is 144 Å². The standard InChI is InChI=1S/C20H27N3O/c1-19(2)17(21)20(3,4)18(19)22-16(24)15-11-8-12-23(15)13-14-9-6-5-7-10-14/h5-12,17-18H,13,21H2,1-4H3,(H,22,24). The molecule has 1 amide bonds. The topological polar surface area (TPSA) is 60.0 Å².